The van der Waals surface area contributed by atoms with Crippen LogP contribution in [0.5, 0.6) is 5.75 Å². The zero-order valence-electron chi connectivity index (χ0n) is 35.6. The molecule has 0 radical (unpaired) electrons. The number of ether oxygens (including phenoxy) is 1. The van der Waals surface area contributed by atoms with Crippen molar-refractivity contribution in [3.8, 4) is 18.1 Å². The Hall–Kier alpha value is -3.75. The number of nitrogens with zero attached hydrogens (tertiary/aromatic N) is 1. The summed E-state index contributed by atoms with van der Waals surface area (Å²) >= 11 is 23.3. The highest BCUT2D eigenvalue weighted by molar-refractivity contribution is 7.89. The quantitative estimate of drug-likeness (QED) is 0.0610. The van der Waals surface area contributed by atoms with Crippen molar-refractivity contribution in [3.05, 3.63) is 141 Å². The molecule has 0 saturated heterocycles. The number of phenols is 1. The largest absolute Gasteiger partial charge is 0.505 e. The van der Waals surface area contributed by atoms with E-state index in [1.807, 2.05) is 58.9 Å². The lowest BCUT2D eigenvalue weighted by molar-refractivity contribution is -0.116. The number of phenolic OH excluding ortho intramolecular Hbond substituents is 1. The second-order valence-electron chi connectivity index (χ2n) is 11.6. The van der Waals surface area contributed by atoms with Crippen LogP contribution in [0.25, 0.3) is 0 Å². The van der Waals surface area contributed by atoms with E-state index in [4.69, 9.17) is 51.1 Å². The fraction of sp³-hybridized carbons (Fsp3) is 0.356. The molecule has 0 heterocycles. The van der Waals surface area contributed by atoms with Crippen LogP contribution in [0, 0.1) is 25.2 Å². The Morgan fingerprint density at radius 1 is 1.05 bits per heavy atom. The highest BCUT2D eigenvalue weighted by Crippen LogP contribution is 2.36. The van der Waals surface area contributed by atoms with Crippen molar-refractivity contribution in [3.63, 3.8) is 0 Å². The van der Waals surface area contributed by atoms with E-state index in [2.05, 4.69) is 51.2 Å². The Morgan fingerprint density at radius 2 is 1.59 bits per heavy atom. The van der Waals surface area contributed by atoms with Gasteiger partial charge in [0.25, 0.3) is 0 Å². The molecule has 2 aromatic carbocycles. The highest BCUT2D eigenvalue weighted by Gasteiger charge is 2.29. The summed E-state index contributed by atoms with van der Waals surface area (Å²) < 4.78 is 45.3. The van der Waals surface area contributed by atoms with Crippen molar-refractivity contribution in [1.82, 2.24) is 9.62 Å². The average molecular weight is 905 g/mol. The van der Waals surface area contributed by atoms with E-state index in [1.165, 1.54) is 40.7 Å². The molecule has 1 amide bonds. The molecule has 0 saturated carbocycles. The number of rotatable bonds is 15. The van der Waals surface area contributed by atoms with Gasteiger partial charge in [-0.05, 0) is 107 Å². The van der Waals surface area contributed by atoms with E-state index in [0.29, 0.717) is 41.2 Å². The van der Waals surface area contributed by atoms with Gasteiger partial charge in [-0.2, -0.15) is 4.31 Å². The number of sulfonamides is 1. The standard InChI is InChI=1S/C22H31Cl2NO4S.C7H6Cl2.C6H7F.C5H9NO.C3H4.C2H6/c1-6-9-10-25(14-17(7-2)11-19(8-3)29-15-16(4)5)30(27,28)21-13-18(23)12-20(24)22(21)26;1-5-2-6(8)4-7(9)3-5;1-3-4-5-6(2)7;1-3-4-5(7)6-2;1-3-2;1-2/h6,8,11-13,16,26H,1,7,9-10,14-15H2,2-5H3;2-4H,1H3;3-5H,1-2H2;3-4H,1-2H3,(H,6,7);1H,2H3;1-2H3/b17-11+,19-8+;;5-4-;4-3+;;. The van der Waals surface area contributed by atoms with Gasteiger partial charge in [-0.3, -0.25) is 4.79 Å². The van der Waals surface area contributed by atoms with Crippen molar-refractivity contribution < 1.29 is 27.4 Å². The number of aromatic hydroxyl groups is 1. The number of hydrogen-bond donors (Lipinski definition) is 2. The van der Waals surface area contributed by atoms with Gasteiger partial charge in [0.1, 0.15) is 16.5 Å². The number of terminal acetylenes is 1. The van der Waals surface area contributed by atoms with Gasteiger partial charge in [0.2, 0.25) is 15.9 Å². The lowest BCUT2D eigenvalue weighted by Gasteiger charge is -2.24. The number of amides is 1. The summed E-state index contributed by atoms with van der Waals surface area (Å²) in [6, 6.07) is 7.96. The normalized spacial score (nSPS) is 10.8. The van der Waals surface area contributed by atoms with Crippen LogP contribution in [0.1, 0.15) is 73.8 Å². The van der Waals surface area contributed by atoms with Gasteiger partial charge in [-0.15, -0.1) is 18.9 Å². The van der Waals surface area contributed by atoms with Gasteiger partial charge in [0.05, 0.1) is 11.6 Å². The van der Waals surface area contributed by atoms with Gasteiger partial charge in [-0.1, -0.05) is 124 Å². The molecule has 2 N–H and O–H groups in total. The highest BCUT2D eigenvalue weighted by atomic mass is 35.5. The minimum atomic E-state index is -4.06. The monoisotopic (exact) mass is 902 g/mol. The zero-order valence-corrected chi connectivity index (χ0v) is 39.5. The number of likely N-dealkylation sites (N-methyl/N-ethyl adjacent to an activating group) is 1. The van der Waals surface area contributed by atoms with Crippen LogP contribution in [-0.2, 0) is 19.6 Å². The smallest absolute Gasteiger partial charge is 0.247 e. The van der Waals surface area contributed by atoms with Crippen molar-refractivity contribution in [2.75, 3.05) is 26.7 Å². The lowest BCUT2D eigenvalue weighted by atomic mass is 10.1. The molecular weight excluding hydrogens is 841 g/mol. The Kier molecular flexibility index (Phi) is 39.4. The maximum atomic E-state index is 13.3. The van der Waals surface area contributed by atoms with Crippen molar-refractivity contribution in [2.45, 2.75) is 80.1 Å². The molecule has 2 aromatic rings. The van der Waals surface area contributed by atoms with Crippen molar-refractivity contribution >= 4 is 62.3 Å². The maximum absolute atomic E-state index is 13.3. The van der Waals surface area contributed by atoms with Gasteiger partial charge in [0, 0.05) is 35.2 Å². The van der Waals surface area contributed by atoms with Crippen LogP contribution < -0.4 is 5.32 Å². The van der Waals surface area contributed by atoms with Crippen molar-refractivity contribution in [2.24, 2.45) is 5.92 Å². The van der Waals surface area contributed by atoms with E-state index < -0.39 is 21.6 Å². The van der Waals surface area contributed by atoms with Gasteiger partial charge < -0.3 is 15.2 Å². The fourth-order valence-corrected chi connectivity index (χ4v) is 6.49. The summed E-state index contributed by atoms with van der Waals surface area (Å²) in [5.74, 6) is 2.30. The molecule has 0 fully saturated rings. The summed E-state index contributed by atoms with van der Waals surface area (Å²) in [5, 5.41) is 14.1. The molecule has 58 heavy (non-hydrogen) atoms. The second kappa shape index (κ2) is 37.5. The third-order valence-electron chi connectivity index (χ3n) is 6.23. The predicted molar refractivity (Wildman–Crippen MR) is 250 cm³/mol. The van der Waals surface area contributed by atoms with Gasteiger partial charge >= 0.3 is 0 Å². The first-order valence-electron chi connectivity index (χ1n) is 18.3. The third-order valence-corrected chi connectivity index (χ3v) is 9.03. The molecule has 0 aliphatic carbocycles. The van der Waals surface area contributed by atoms with Crippen molar-refractivity contribution in [1.29, 1.82) is 0 Å². The molecule has 0 aliphatic heterocycles. The first-order chi connectivity index (χ1) is 27.2. The number of nitrogens with one attached hydrogen (secondary N) is 1. The van der Waals surface area contributed by atoms with E-state index in [9.17, 15) is 22.7 Å². The molecular formula is C45H63Cl4FN2O5S. The predicted octanol–water partition coefficient (Wildman–Crippen LogP) is 13.7. The van der Waals surface area contributed by atoms with E-state index in [-0.39, 0.29) is 33.9 Å². The van der Waals surface area contributed by atoms with Crippen LogP contribution in [0.4, 0.5) is 4.39 Å². The van der Waals surface area contributed by atoms with Gasteiger partial charge in [-0.25, -0.2) is 12.8 Å². The molecule has 0 aromatic heterocycles. The average Bonchev–Trinajstić information content (AvgIpc) is 3.16. The lowest BCUT2D eigenvalue weighted by Crippen LogP contribution is -2.34. The minimum Gasteiger partial charge on any atom is -0.505 e. The summed E-state index contributed by atoms with van der Waals surface area (Å²) in [5.41, 5.74) is 1.96. The summed E-state index contributed by atoms with van der Waals surface area (Å²) in [4.78, 5) is 9.90. The Balaban J connectivity index is -0.000000417. The number of benzene rings is 2. The van der Waals surface area contributed by atoms with Gasteiger partial charge in [0.15, 0.2) is 5.75 Å². The van der Waals surface area contributed by atoms with E-state index >= 15 is 0 Å². The van der Waals surface area contributed by atoms with Crippen LogP contribution in [0.2, 0.25) is 20.1 Å². The Bertz CT molecular complexity index is 1750. The molecule has 0 spiro atoms. The first kappa shape index (κ1) is 60.9. The number of carbonyl (C=O) groups is 1. The fourth-order valence-electron chi connectivity index (χ4n) is 3.65. The number of halogens is 5. The van der Waals surface area contributed by atoms with Crippen LogP contribution in [-0.4, -0.2) is 50.5 Å². The number of hydrogen-bond acceptors (Lipinski definition) is 5. The topological polar surface area (TPSA) is 95.9 Å². The summed E-state index contributed by atoms with van der Waals surface area (Å²) in [7, 11) is -2.46. The molecule has 0 atom stereocenters. The number of aryl methyl sites for hydroxylation is 1. The molecule has 2 rings (SSSR count). The SMILES string of the molecule is C#CC.C/C=C/C(=O)NC.C=C/C=C\C(=C)F.C=CCCN(C/C(=C/C(=C\C)OCC(C)C)CC)S(=O)(=O)c1cc(Cl)cc(Cl)c1O.CC.Cc1cc(Cl)cc(Cl)c1. The van der Waals surface area contributed by atoms with Crippen LogP contribution in [0.15, 0.2) is 121 Å². The summed E-state index contributed by atoms with van der Waals surface area (Å²) in [6.45, 7) is 28.3. The van der Waals surface area contributed by atoms with E-state index in [1.54, 1.807) is 39.1 Å². The molecule has 0 bridgehead atoms. The zero-order chi connectivity index (χ0) is 45.9. The first-order valence-corrected chi connectivity index (χ1v) is 21.2. The van der Waals surface area contributed by atoms with E-state index in [0.717, 1.165) is 11.1 Å². The number of carbonyl (C=O) groups excluding carboxylic acids is 1. The molecule has 324 valence electrons. The summed E-state index contributed by atoms with van der Waals surface area (Å²) in [6.07, 6.45) is 18.4. The number of allylic oxidation sites excluding steroid dienone is 7. The molecule has 0 unspecified atom stereocenters. The van der Waals surface area contributed by atoms with Crippen LogP contribution in [0.3, 0.4) is 0 Å². The van der Waals surface area contributed by atoms with Crippen LogP contribution >= 0.6 is 46.4 Å². The molecule has 0 aliphatic rings. The maximum Gasteiger partial charge on any atom is 0.247 e. The minimum absolute atomic E-state index is 0.0532. The Labute approximate surface area is 369 Å². The molecule has 13 heteroatoms. The second-order valence-corrected chi connectivity index (χ2v) is 15.2. The third kappa shape index (κ3) is 31.3. The Morgan fingerprint density at radius 3 is 1.95 bits per heavy atom. The molecule has 7 nitrogen and oxygen atoms in total.